The topological polar surface area (TPSA) is 101 Å². The van der Waals surface area contributed by atoms with Crippen molar-refractivity contribution >= 4 is 29.3 Å². The lowest BCUT2D eigenvalue weighted by atomic mass is 10.1. The molecule has 0 aliphatic rings. The molecule has 3 amide bonds. The van der Waals surface area contributed by atoms with Crippen molar-refractivity contribution in [2.75, 3.05) is 0 Å². The summed E-state index contributed by atoms with van der Waals surface area (Å²) in [7, 11) is 0. The van der Waals surface area contributed by atoms with Crippen LogP contribution in [0.5, 0.6) is 0 Å². The Labute approximate surface area is 169 Å². The molecule has 2 aromatic rings. The van der Waals surface area contributed by atoms with Gasteiger partial charge in [-0.25, -0.2) is 0 Å². The van der Waals surface area contributed by atoms with E-state index in [-0.39, 0.29) is 31.2 Å². The summed E-state index contributed by atoms with van der Waals surface area (Å²) < 4.78 is 0. The molecule has 0 aromatic heterocycles. The summed E-state index contributed by atoms with van der Waals surface area (Å²) in [6.45, 7) is 1.88. The molecule has 0 unspecified atom stereocenters. The summed E-state index contributed by atoms with van der Waals surface area (Å²) in [4.78, 5) is 35.9. The molecular formula is C21H24ClN3O3. The lowest BCUT2D eigenvalue weighted by Gasteiger charge is -2.16. The third-order valence-corrected chi connectivity index (χ3v) is 4.54. The lowest BCUT2D eigenvalue weighted by Crippen LogP contribution is -2.46. The quantitative estimate of drug-likeness (QED) is 0.601. The summed E-state index contributed by atoms with van der Waals surface area (Å²) >= 11 is 5.84. The van der Waals surface area contributed by atoms with Gasteiger partial charge in [0, 0.05) is 24.3 Å². The second-order valence-corrected chi connectivity index (χ2v) is 6.99. The zero-order chi connectivity index (χ0) is 20.5. The Balaban J connectivity index is 1.81. The molecule has 4 N–H and O–H groups in total. The molecule has 0 aliphatic heterocycles. The number of benzene rings is 2. The van der Waals surface area contributed by atoms with Crippen molar-refractivity contribution in [3.8, 4) is 0 Å². The standard InChI is InChI=1S/C21H24ClN3O3/c1-14(16-5-3-2-4-6-16)24-19(26)11-12-20(27)25-18(21(23)28)13-15-7-9-17(22)10-8-15/h2-10,14,18H,11-13H2,1H3,(H2,23,28)(H,24,26)(H,25,27)/t14-,18-/m1/s1. The number of nitrogens with one attached hydrogen (secondary N) is 2. The van der Waals surface area contributed by atoms with Gasteiger partial charge in [0.1, 0.15) is 6.04 Å². The van der Waals surface area contributed by atoms with Gasteiger partial charge in [-0.1, -0.05) is 54.1 Å². The van der Waals surface area contributed by atoms with Gasteiger partial charge in [0.2, 0.25) is 17.7 Å². The molecular weight excluding hydrogens is 378 g/mol. The Kier molecular flexibility index (Phi) is 8.02. The highest BCUT2D eigenvalue weighted by atomic mass is 35.5. The van der Waals surface area contributed by atoms with Crippen LogP contribution in [0.3, 0.4) is 0 Å². The fraction of sp³-hybridized carbons (Fsp3) is 0.286. The van der Waals surface area contributed by atoms with E-state index in [0.29, 0.717) is 5.02 Å². The third-order valence-electron chi connectivity index (χ3n) is 4.29. The van der Waals surface area contributed by atoms with Crippen molar-refractivity contribution in [3.05, 3.63) is 70.7 Å². The van der Waals surface area contributed by atoms with Gasteiger partial charge >= 0.3 is 0 Å². The molecule has 0 bridgehead atoms. The predicted molar refractivity (Wildman–Crippen MR) is 109 cm³/mol. The number of nitrogens with two attached hydrogens (primary N) is 1. The highest BCUT2D eigenvalue weighted by Gasteiger charge is 2.19. The number of carbonyl (C=O) groups excluding carboxylic acids is 3. The van der Waals surface area contributed by atoms with Crippen LogP contribution >= 0.6 is 11.6 Å². The van der Waals surface area contributed by atoms with Crippen LogP contribution in [0.25, 0.3) is 0 Å². The van der Waals surface area contributed by atoms with E-state index in [1.54, 1.807) is 24.3 Å². The highest BCUT2D eigenvalue weighted by molar-refractivity contribution is 6.30. The van der Waals surface area contributed by atoms with Crippen molar-refractivity contribution in [1.82, 2.24) is 10.6 Å². The maximum Gasteiger partial charge on any atom is 0.240 e. The summed E-state index contributed by atoms with van der Waals surface area (Å²) in [5.41, 5.74) is 7.20. The van der Waals surface area contributed by atoms with Crippen LogP contribution in [0.15, 0.2) is 54.6 Å². The van der Waals surface area contributed by atoms with Gasteiger partial charge in [-0.3, -0.25) is 14.4 Å². The molecule has 0 radical (unpaired) electrons. The molecule has 0 aliphatic carbocycles. The van der Waals surface area contributed by atoms with E-state index in [1.807, 2.05) is 37.3 Å². The number of hydrogen-bond donors (Lipinski definition) is 3. The first kappa shape index (κ1) is 21.4. The van der Waals surface area contributed by atoms with Crippen LogP contribution in [0.2, 0.25) is 5.02 Å². The number of hydrogen-bond acceptors (Lipinski definition) is 3. The van der Waals surface area contributed by atoms with Crippen LogP contribution < -0.4 is 16.4 Å². The van der Waals surface area contributed by atoms with Crippen LogP contribution in [0.1, 0.15) is 36.9 Å². The van der Waals surface area contributed by atoms with Gasteiger partial charge in [-0.15, -0.1) is 0 Å². The molecule has 7 heteroatoms. The van der Waals surface area contributed by atoms with E-state index in [1.165, 1.54) is 0 Å². The van der Waals surface area contributed by atoms with Crippen LogP contribution in [-0.2, 0) is 20.8 Å². The summed E-state index contributed by atoms with van der Waals surface area (Å²) in [6.07, 6.45) is 0.253. The van der Waals surface area contributed by atoms with E-state index >= 15 is 0 Å². The first-order valence-corrected chi connectivity index (χ1v) is 9.40. The monoisotopic (exact) mass is 401 g/mol. The van der Waals surface area contributed by atoms with Crippen LogP contribution in [0, 0.1) is 0 Å². The average molecular weight is 402 g/mol. The van der Waals surface area contributed by atoms with E-state index in [0.717, 1.165) is 11.1 Å². The SMILES string of the molecule is C[C@@H](NC(=O)CCC(=O)N[C@H](Cc1ccc(Cl)cc1)C(N)=O)c1ccccc1. The van der Waals surface area contributed by atoms with Crippen molar-refractivity contribution in [1.29, 1.82) is 0 Å². The second-order valence-electron chi connectivity index (χ2n) is 6.55. The van der Waals surface area contributed by atoms with E-state index in [9.17, 15) is 14.4 Å². The zero-order valence-electron chi connectivity index (χ0n) is 15.7. The molecule has 0 saturated carbocycles. The van der Waals surface area contributed by atoms with Gasteiger partial charge < -0.3 is 16.4 Å². The van der Waals surface area contributed by atoms with Crippen LogP contribution in [-0.4, -0.2) is 23.8 Å². The van der Waals surface area contributed by atoms with Crippen molar-refractivity contribution in [3.63, 3.8) is 0 Å². The molecule has 6 nitrogen and oxygen atoms in total. The second kappa shape index (κ2) is 10.5. The molecule has 0 heterocycles. The summed E-state index contributed by atoms with van der Waals surface area (Å²) in [6, 6.07) is 15.5. The van der Waals surface area contributed by atoms with Crippen molar-refractivity contribution < 1.29 is 14.4 Å². The molecule has 0 spiro atoms. The smallest absolute Gasteiger partial charge is 0.240 e. The van der Waals surface area contributed by atoms with Crippen molar-refractivity contribution in [2.24, 2.45) is 5.73 Å². The van der Waals surface area contributed by atoms with Crippen LogP contribution in [0.4, 0.5) is 0 Å². The maximum atomic E-state index is 12.1. The molecule has 0 fully saturated rings. The number of carbonyl (C=O) groups is 3. The minimum atomic E-state index is -0.847. The van der Waals surface area contributed by atoms with E-state index in [2.05, 4.69) is 10.6 Å². The van der Waals surface area contributed by atoms with Gasteiger partial charge in [0.15, 0.2) is 0 Å². The number of primary amides is 1. The predicted octanol–water partition coefficient (Wildman–Crippen LogP) is 2.51. The Morgan fingerprint density at radius 2 is 1.50 bits per heavy atom. The Morgan fingerprint density at radius 3 is 2.07 bits per heavy atom. The largest absolute Gasteiger partial charge is 0.368 e. The lowest BCUT2D eigenvalue weighted by molar-refractivity contribution is -0.129. The van der Waals surface area contributed by atoms with Gasteiger partial charge in [0.05, 0.1) is 6.04 Å². The number of halogens is 1. The Hall–Kier alpha value is -2.86. The minimum absolute atomic E-state index is 0.0232. The number of rotatable bonds is 9. The van der Waals surface area contributed by atoms with Gasteiger partial charge in [0.25, 0.3) is 0 Å². The molecule has 28 heavy (non-hydrogen) atoms. The summed E-state index contributed by atoms with van der Waals surface area (Å²) in [5, 5.41) is 6.03. The summed E-state index contributed by atoms with van der Waals surface area (Å²) in [5.74, 6) is -1.27. The van der Waals surface area contributed by atoms with E-state index < -0.39 is 17.9 Å². The maximum absolute atomic E-state index is 12.1. The van der Waals surface area contributed by atoms with Gasteiger partial charge in [-0.2, -0.15) is 0 Å². The zero-order valence-corrected chi connectivity index (χ0v) is 16.4. The Bertz CT molecular complexity index is 809. The Morgan fingerprint density at radius 1 is 0.929 bits per heavy atom. The third kappa shape index (κ3) is 7.04. The molecule has 0 saturated heterocycles. The molecule has 148 valence electrons. The fourth-order valence-corrected chi connectivity index (χ4v) is 2.84. The minimum Gasteiger partial charge on any atom is -0.368 e. The first-order valence-electron chi connectivity index (χ1n) is 9.02. The fourth-order valence-electron chi connectivity index (χ4n) is 2.71. The first-order chi connectivity index (χ1) is 13.3. The average Bonchev–Trinajstić information content (AvgIpc) is 2.68. The van der Waals surface area contributed by atoms with Crippen molar-refractivity contribution in [2.45, 2.75) is 38.3 Å². The number of amides is 3. The molecule has 2 aromatic carbocycles. The van der Waals surface area contributed by atoms with Gasteiger partial charge in [-0.05, 0) is 30.2 Å². The van der Waals surface area contributed by atoms with E-state index in [4.69, 9.17) is 17.3 Å². The highest BCUT2D eigenvalue weighted by Crippen LogP contribution is 2.12. The molecule has 2 atom stereocenters. The normalized spacial score (nSPS) is 12.6. The molecule has 2 rings (SSSR count).